The third-order valence-electron chi connectivity index (χ3n) is 12.1. The van der Waals surface area contributed by atoms with Crippen molar-refractivity contribution in [3.63, 3.8) is 0 Å². The number of fused-ring (bicyclic) bond motifs is 8. The highest BCUT2D eigenvalue weighted by Crippen LogP contribution is 2.60. The summed E-state index contributed by atoms with van der Waals surface area (Å²) >= 11 is 0. The molecule has 3 aliphatic carbocycles. The predicted octanol–water partition coefficient (Wildman–Crippen LogP) is 12.7. The first-order chi connectivity index (χ1) is 25.0. The van der Waals surface area contributed by atoms with E-state index in [1.807, 2.05) is 0 Å². The highest BCUT2D eigenvalue weighted by molar-refractivity contribution is 5.92. The molecular formula is C49H40N2. The topological polar surface area (TPSA) is 25.8 Å². The second-order valence-electron chi connectivity index (χ2n) is 15.2. The third kappa shape index (κ3) is 4.55. The summed E-state index contributed by atoms with van der Waals surface area (Å²) in [6, 6.07) is 53.1. The lowest BCUT2D eigenvalue weighted by molar-refractivity contribution is 0.353. The Hall–Kier alpha value is -5.60. The Labute approximate surface area is 300 Å². The van der Waals surface area contributed by atoms with Crippen LogP contribution >= 0.6 is 0 Å². The highest BCUT2D eigenvalue weighted by Gasteiger charge is 2.46. The first-order valence-corrected chi connectivity index (χ1v) is 18.6. The summed E-state index contributed by atoms with van der Waals surface area (Å²) in [5, 5.41) is 0. The summed E-state index contributed by atoms with van der Waals surface area (Å²) in [5.41, 5.74) is 19.5. The molecule has 7 aromatic rings. The number of aromatic nitrogens is 2. The Balaban J connectivity index is 1.21. The van der Waals surface area contributed by atoms with Crippen molar-refractivity contribution in [2.45, 2.75) is 56.8 Å². The molecule has 0 bridgehead atoms. The van der Waals surface area contributed by atoms with Crippen molar-refractivity contribution in [1.82, 2.24) is 9.97 Å². The molecule has 1 saturated carbocycles. The summed E-state index contributed by atoms with van der Waals surface area (Å²) in [4.78, 5) is 11.1. The molecule has 0 aliphatic heterocycles. The molecular weight excluding hydrogens is 617 g/mol. The van der Waals surface area contributed by atoms with Gasteiger partial charge in [0.15, 0.2) is 0 Å². The van der Waals surface area contributed by atoms with Gasteiger partial charge >= 0.3 is 0 Å². The fourth-order valence-corrected chi connectivity index (χ4v) is 9.56. The molecule has 0 atom stereocenters. The molecule has 10 rings (SSSR count). The Kier molecular flexibility index (Phi) is 6.80. The number of benzene rings is 6. The predicted molar refractivity (Wildman–Crippen MR) is 211 cm³/mol. The number of nitrogens with zero attached hydrogens (tertiary/aromatic N) is 2. The largest absolute Gasteiger partial charge is 0.243 e. The van der Waals surface area contributed by atoms with E-state index in [9.17, 15) is 0 Å². The van der Waals surface area contributed by atoms with E-state index in [1.165, 1.54) is 76.6 Å². The summed E-state index contributed by atoms with van der Waals surface area (Å²) in [5.74, 6) is 0. The summed E-state index contributed by atoms with van der Waals surface area (Å²) in [7, 11) is 0. The molecule has 1 fully saturated rings. The lowest BCUT2D eigenvalue weighted by atomic mass is 9.67. The van der Waals surface area contributed by atoms with E-state index in [0.29, 0.717) is 0 Å². The van der Waals surface area contributed by atoms with Crippen LogP contribution in [0.4, 0.5) is 0 Å². The van der Waals surface area contributed by atoms with Crippen molar-refractivity contribution in [1.29, 1.82) is 0 Å². The van der Waals surface area contributed by atoms with E-state index in [2.05, 4.69) is 159 Å². The van der Waals surface area contributed by atoms with Crippen molar-refractivity contribution in [3.8, 4) is 67.3 Å². The molecule has 0 saturated heterocycles. The number of hydrogen-bond donors (Lipinski definition) is 0. The van der Waals surface area contributed by atoms with Crippen LogP contribution in [-0.2, 0) is 10.8 Å². The minimum absolute atomic E-state index is 0.00219. The zero-order valence-electron chi connectivity index (χ0n) is 29.3. The van der Waals surface area contributed by atoms with Crippen LogP contribution in [0.5, 0.6) is 0 Å². The molecule has 51 heavy (non-hydrogen) atoms. The normalized spacial score (nSPS) is 16.0. The fourth-order valence-electron chi connectivity index (χ4n) is 9.56. The van der Waals surface area contributed by atoms with Crippen molar-refractivity contribution in [2.24, 2.45) is 0 Å². The van der Waals surface area contributed by atoms with Crippen LogP contribution in [0.3, 0.4) is 0 Å². The molecule has 0 radical (unpaired) electrons. The molecule has 1 aromatic heterocycles. The molecule has 0 unspecified atom stereocenters. The maximum atomic E-state index is 5.61. The van der Waals surface area contributed by atoms with Gasteiger partial charge in [-0.3, -0.25) is 0 Å². The Bertz CT molecular complexity index is 2450. The van der Waals surface area contributed by atoms with Gasteiger partial charge in [-0.05, 0) is 75.5 Å². The minimum atomic E-state index is -0.0299. The molecule has 1 spiro atoms. The molecule has 0 amide bonds. The quantitative estimate of drug-likeness (QED) is 0.188. The van der Waals surface area contributed by atoms with Crippen molar-refractivity contribution >= 4 is 0 Å². The van der Waals surface area contributed by atoms with Crippen LogP contribution in [0.25, 0.3) is 67.3 Å². The molecule has 0 N–H and O–H groups in total. The van der Waals surface area contributed by atoms with Gasteiger partial charge in [-0.25, -0.2) is 9.97 Å². The fraction of sp³-hybridized carbons (Fsp3) is 0.184. The van der Waals surface area contributed by atoms with Crippen LogP contribution in [0.15, 0.2) is 146 Å². The first kappa shape index (κ1) is 30.2. The smallest absolute Gasteiger partial charge is 0.0973 e. The summed E-state index contributed by atoms with van der Waals surface area (Å²) in [6.45, 7) is 4.79. The van der Waals surface area contributed by atoms with Gasteiger partial charge < -0.3 is 0 Å². The lowest BCUT2D eigenvalue weighted by Crippen LogP contribution is -2.28. The van der Waals surface area contributed by atoms with Gasteiger partial charge in [-0.1, -0.05) is 161 Å². The average Bonchev–Trinajstić information content (AvgIpc) is 3.58. The second kappa shape index (κ2) is 11.5. The Morgan fingerprint density at radius 3 is 1.41 bits per heavy atom. The first-order valence-electron chi connectivity index (χ1n) is 18.6. The monoisotopic (exact) mass is 656 g/mol. The summed E-state index contributed by atoms with van der Waals surface area (Å²) < 4.78 is 0. The molecule has 1 heterocycles. The van der Waals surface area contributed by atoms with Crippen molar-refractivity contribution < 1.29 is 0 Å². The number of rotatable bonds is 4. The van der Waals surface area contributed by atoms with Crippen LogP contribution in [0, 0.1) is 0 Å². The van der Waals surface area contributed by atoms with E-state index < -0.39 is 0 Å². The summed E-state index contributed by atoms with van der Waals surface area (Å²) in [6.07, 6.45) is 6.17. The second-order valence-corrected chi connectivity index (χ2v) is 15.2. The zero-order valence-corrected chi connectivity index (χ0v) is 29.3. The van der Waals surface area contributed by atoms with E-state index in [0.717, 1.165) is 45.0 Å². The van der Waals surface area contributed by atoms with Crippen LogP contribution in [0.2, 0.25) is 0 Å². The van der Waals surface area contributed by atoms with Gasteiger partial charge in [0.05, 0.1) is 22.8 Å². The third-order valence-corrected chi connectivity index (χ3v) is 12.1. The van der Waals surface area contributed by atoms with Gasteiger partial charge in [0, 0.05) is 33.1 Å². The molecule has 246 valence electrons. The molecule has 6 aromatic carbocycles. The highest BCUT2D eigenvalue weighted by atomic mass is 14.9. The van der Waals surface area contributed by atoms with Gasteiger partial charge in [0.1, 0.15) is 0 Å². The standard InChI is InChI=1S/C49H40N2/c1-48(2)40-24-14-13-23-36(40)38-31-43-39(30-41(38)48)37-26-25-35(29-42(37)49(43)27-15-6-16-28-49)47-46(34-21-11-5-12-22-34)50-44(32-17-7-3-8-18-32)45(51-47)33-19-9-4-10-20-33/h3-5,7-14,17-26,29-31H,6,15-16,27-28H2,1-2H3. The lowest BCUT2D eigenvalue weighted by Gasteiger charge is -2.36. The van der Waals surface area contributed by atoms with Gasteiger partial charge in [0.2, 0.25) is 0 Å². The Morgan fingerprint density at radius 2 is 0.824 bits per heavy atom. The molecule has 2 nitrogen and oxygen atoms in total. The minimum Gasteiger partial charge on any atom is -0.243 e. The van der Waals surface area contributed by atoms with Gasteiger partial charge in [-0.2, -0.15) is 0 Å². The van der Waals surface area contributed by atoms with Crippen LogP contribution in [-0.4, -0.2) is 9.97 Å². The van der Waals surface area contributed by atoms with E-state index in [1.54, 1.807) is 0 Å². The van der Waals surface area contributed by atoms with E-state index >= 15 is 0 Å². The molecule has 2 heteroatoms. The van der Waals surface area contributed by atoms with E-state index in [4.69, 9.17) is 9.97 Å². The molecule has 3 aliphatic rings. The van der Waals surface area contributed by atoms with Crippen LogP contribution < -0.4 is 0 Å². The Morgan fingerprint density at radius 1 is 0.373 bits per heavy atom. The van der Waals surface area contributed by atoms with Gasteiger partial charge in [-0.15, -0.1) is 0 Å². The average molecular weight is 657 g/mol. The van der Waals surface area contributed by atoms with Gasteiger partial charge in [0.25, 0.3) is 0 Å². The maximum absolute atomic E-state index is 5.61. The number of hydrogen-bond acceptors (Lipinski definition) is 2. The maximum Gasteiger partial charge on any atom is 0.0973 e. The zero-order chi connectivity index (χ0) is 34.2. The SMILES string of the molecule is CC1(C)c2ccccc2-c2cc3c(cc21)-c1ccc(-c2nc(-c4ccccc4)c(-c4ccccc4)nc2-c2ccccc2)cc1C31CCCCC1. The van der Waals surface area contributed by atoms with E-state index in [-0.39, 0.29) is 10.8 Å². The van der Waals surface area contributed by atoms with Crippen LogP contribution in [0.1, 0.15) is 68.2 Å². The van der Waals surface area contributed by atoms with Crippen molar-refractivity contribution in [3.05, 3.63) is 168 Å². The van der Waals surface area contributed by atoms with Crippen molar-refractivity contribution in [2.75, 3.05) is 0 Å².